The van der Waals surface area contributed by atoms with Crippen molar-refractivity contribution in [1.82, 2.24) is 4.98 Å². The van der Waals surface area contributed by atoms with Crippen molar-refractivity contribution in [2.24, 2.45) is 0 Å². The van der Waals surface area contributed by atoms with Crippen molar-refractivity contribution in [3.63, 3.8) is 0 Å². The van der Waals surface area contributed by atoms with Crippen LogP contribution in [-0.4, -0.2) is 40.4 Å². The molecule has 1 aromatic carbocycles. The molecule has 0 radical (unpaired) electrons. The van der Waals surface area contributed by atoms with Gasteiger partial charge in [-0.2, -0.15) is 0 Å². The first-order chi connectivity index (χ1) is 9.54. The van der Waals surface area contributed by atoms with Crippen LogP contribution in [0.15, 0.2) is 30.3 Å². The van der Waals surface area contributed by atoms with Crippen LogP contribution in [0.1, 0.15) is 24.2 Å². The van der Waals surface area contributed by atoms with E-state index in [1.807, 2.05) is 18.7 Å². The molecule has 0 atom stereocenters. The molecule has 106 valence electrons. The second kappa shape index (κ2) is 5.88. The van der Waals surface area contributed by atoms with Crippen molar-refractivity contribution < 1.29 is 15.0 Å². The lowest BCUT2D eigenvalue weighted by Crippen LogP contribution is -2.34. The van der Waals surface area contributed by atoms with E-state index in [4.69, 9.17) is 10.2 Å². The van der Waals surface area contributed by atoms with E-state index in [9.17, 15) is 4.79 Å². The molecule has 5 heteroatoms. The number of aliphatic hydroxyl groups is 1. The standard InChI is InChI=1S/C15H18N2O3/c1-10(2)17(8-9-18)14-7-6-11-12(15(19)20)4-3-5-13(11)16-14/h3-7,10,18H,8-9H2,1-2H3,(H,19,20). The molecule has 0 aliphatic heterocycles. The number of carbonyl (C=O) groups is 1. The zero-order valence-electron chi connectivity index (χ0n) is 11.6. The zero-order chi connectivity index (χ0) is 14.7. The number of aliphatic hydroxyl groups excluding tert-OH is 1. The van der Waals surface area contributed by atoms with Crippen molar-refractivity contribution in [2.75, 3.05) is 18.1 Å². The molecule has 2 rings (SSSR count). The Balaban J connectivity index is 2.51. The molecule has 0 aliphatic carbocycles. The Labute approximate surface area is 117 Å². The van der Waals surface area contributed by atoms with Gasteiger partial charge in [-0.15, -0.1) is 0 Å². The monoisotopic (exact) mass is 274 g/mol. The van der Waals surface area contributed by atoms with Crippen LogP contribution < -0.4 is 4.90 Å². The number of hydrogen-bond donors (Lipinski definition) is 2. The van der Waals surface area contributed by atoms with Gasteiger partial charge in [-0.25, -0.2) is 9.78 Å². The Morgan fingerprint density at radius 2 is 2.05 bits per heavy atom. The smallest absolute Gasteiger partial charge is 0.336 e. The topological polar surface area (TPSA) is 73.7 Å². The first-order valence-corrected chi connectivity index (χ1v) is 6.55. The van der Waals surface area contributed by atoms with Gasteiger partial charge in [-0.05, 0) is 38.1 Å². The van der Waals surface area contributed by atoms with Gasteiger partial charge < -0.3 is 15.1 Å². The number of carboxylic acid groups (broad SMARTS) is 1. The van der Waals surface area contributed by atoms with Crippen molar-refractivity contribution in [3.8, 4) is 0 Å². The summed E-state index contributed by atoms with van der Waals surface area (Å²) in [7, 11) is 0. The lowest BCUT2D eigenvalue weighted by atomic mass is 10.1. The minimum absolute atomic E-state index is 0.0487. The highest BCUT2D eigenvalue weighted by Gasteiger charge is 2.14. The number of carboxylic acids is 1. The first-order valence-electron chi connectivity index (χ1n) is 6.55. The fourth-order valence-corrected chi connectivity index (χ4v) is 2.24. The van der Waals surface area contributed by atoms with E-state index in [2.05, 4.69) is 4.98 Å². The third-order valence-corrected chi connectivity index (χ3v) is 3.21. The quantitative estimate of drug-likeness (QED) is 0.873. The normalized spacial score (nSPS) is 11.0. The largest absolute Gasteiger partial charge is 0.478 e. The fraction of sp³-hybridized carbons (Fsp3) is 0.333. The minimum atomic E-state index is -0.957. The second-order valence-corrected chi connectivity index (χ2v) is 4.86. The van der Waals surface area contributed by atoms with E-state index >= 15 is 0 Å². The Morgan fingerprint density at radius 1 is 1.30 bits per heavy atom. The maximum atomic E-state index is 11.2. The Kier molecular flexibility index (Phi) is 4.20. The predicted molar refractivity (Wildman–Crippen MR) is 78.3 cm³/mol. The van der Waals surface area contributed by atoms with E-state index in [1.54, 1.807) is 30.3 Å². The van der Waals surface area contributed by atoms with Crippen LogP contribution in [0.2, 0.25) is 0 Å². The molecule has 2 aromatic rings. The van der Waals surface area contributed by atoms with Crippen LogP contribution in [-0.2, 0) is 0 Å². The fourth-order valence-electron chi connectivity index (χ4n) is 2.24. The van der Waals surface area contributed by atoms with Crippen molar-refractivity contribution >= 4 is 22.7 Å². The van der Waals surface area contributed by atoms with Gasteiger partial charge in [0.25, 0.3) is 0 Å². The molecule has 1 aromatic heterocycles. The molecule has 0 saturated heterocycles. The first kappa shape index (κ1) is 14.3. The predicted octanol–water partition coefficient (Wildman–Crippen LogP) is 2.14. The minimum Gasteiger partial charge on any atom is -0.478 e. The maximum Gasteiger partial charge on any atom is 0.336 e. The van der Waals surface area contributed by atoms with Crippen LogP contribution in [0.25, 0.3) is 10.9 Å². The van der Waals surface area contributed by atoms with Gasteiger partial charge in [0, 0.05) is 18.0 Å². The molecular weight excluding hydrogens is 256 g/mol. The number of pyridine rings is 1. The SMILES string of the molecule is CC(C)N(CCO)c1ccc2c(C(=O)O)cccc2n1. The molecule has 0 saturated carbocycles. The number of rotatable bonds is 5. The summed E-state index contributed by atoms with van der Waals surface area (Å²) in [5.74, 6) is -0.217. The van der Waals surface area contributed by atoms with Crippen LogP contribution in [0.4, 0.5) is 5.82 Å². The number of fused-ring (bicyclic) bond motifs is 1. The number of aromatic nitrogens is 1. The lowest BCUT2D eigenvalue weighted by Gasteiger charge is -2.27. The summed E-state index contributed by atoms with van der Waals surface area (Å²) in [6, 6.07) is 8.82. The van der Waals surface area contributed by atoms with E-state index in [-0.39, 0.29) is 18.2 Å². The van der Waals surface area contributed by atoms with Gasteiger partial charge in [0.2, 0.25) is 0 Å². The molecule has 0 amide bonds. The van der Waals surface area contributed by atoms with Gasteiger partial charge in [-0.1, -0.05) is 6.07 Å². The molecule has 5 nitrogen and oxygen atoms in total. The number of nitrogens with zero attached hydrogens (tertiary/aromatic N) is 2. The molecule has 20 heavy (non-hydrogen) atoms. The van der Waals surface area contributed by atoms with Gasteiger partial charge in [0.05, 0.1) is 17.7 Å². The molecule has 0 aliphatic rings. The number of anilines is 1. The summed E-state index contributed by atoms with van der Waals surface area (Å²) in [5, 5.41) is 18.9. The summed E-state index contributed by atoms with van der Waals surface area (Å²) in [6.07, 6.45) is 0. The summed E-state index contributed by atoms with van der Waals surface area (Å²) in [6.45, 7) is 4.59. The molecule has 0 bridgehead atoms. The van der Waals surface area contributed by atoms with Crippen LogP contribution >= 0.6 is 0 Å². The van der Waals surface area contributed by atoms with Crippen LogP contribution in [0, 0.1) is 0 Å². The summed E-state index contributed by atoms with van der Waals surface area (Å²) in [5.41, 5.74) is 0.894. The maximum absolute atomic E-state index is 11.2. The lowest BCUT2D eigenvalue weighted by molar-refractivity contribution is 0.0699. The Hall–Kier alpha value is -2.14. The molecular formula is C15H18N2O3. The molecule has 0 spiro atoms. The van der Waals surface area contributed by atoms with Gasteiger partial charge in [0.1, 0.15) is 5.82 Å². The van der Waals surface area contributed by atoms with E-state index in [1.165, 1.54) is 0 Å². The molecule has 1 heterocycles. The van der Waals surface area contributed by atoms with Gasteiger partial charge >= 0.3 is 5.97 Å². The molecule has 0 fully saturated rings. The van der Waals surface area contributed by atoms with E-state index in [0.717, 1.165) is 5.82 Å². The van der Waals surface area contributed by atoms with Crippen molar-refractivity contribution in [2.45, 2.75) is 19.9 Å². The summed E-state index contributed by atoms with van der Waals surface area (Å²) < 4.78 is 0. The van der Waals surface area contributed by atoms with E-state index < -0.39 is 5.97 Å². The zero-order valence-corrected chi connectivity index (χ0v) is 11.6. The highest BCUT2D eigenvalue weighted by molar-refractivity contribution is 6.02. The number of benzene rings is 1. The Bertz CT molecular complexity index is 626. The molecule has 2 N–H and O–H groups in total. The third kappa shape index (κ3) is 2.72. The average molecular weight is 274 g/mol. The van der Waals surface area contributed by atoms with Crippen molar-refractivity contribution in [1.29, 1.82) is 0 Å². The molecule has 0 unspecified atom stereocenters. The Morgan fingerprint density at radius 3 is 2.65 bits per heavy atom. The van der Waals surface area contributed by atoms with Gasteiger partial charge in [-0.3, -0.25) is 0 Å². The second-order valence-electron chi connectivity index (χ2n) is 4.86. The number of hydrogen-bond acceptors (Lipinski definition) is 4. The third-order valence-electron chi connectivity index (χ3n) is 3.21. The average Bonchev–Trinajstić information content (AvgIpc) is 2.43. The van der Waals surface area contributed by atoms with Crippen LogP contribution in [0.3, 0.4) is 0 Å². The summed E-state index contributed by atoms with van der Waals surface area (Å²) in [4.78, 5) is 17.7. The van der Waals surface area contributed by atoms with Crippen molar-refractivity contribution in [3.05, 3.63) is 35.9 Å². The highest BCUT2D eigenvalue weighted by atomic mass is 16.4. The summed E-state index contributed by atoms with van der Waals surface area (Å²) >= 11 is 0. The number of aromatic carboxylic acids is 1. The highest BCUT2D eigenvalue weighted by Crippen LogP contribution is 2.22. The van der Waals surface area contributed by atoms with Gasteiger partial charge in [0.15, 0.2) is 0 Å². The van der Waals surface area contributed by atoms with Crippen LogP contribution in [0.5, 0.6) is 0 Å². The van der Waals surface area contributed by atoms with E-state index in [0.29, 0.717) is 17.4 Å².